The van der Waals surface area contributed by atoms with Crippen molar-refractivity contribution in [2.45, 2.75) is 26.4 Å². The minimum Gasteiger partial charge on any atom is -0.494 e. The minimum atomic E-state index is -0.713. The number of nitrogens with one attached hydrogen (secondary N) is 1. The molecule has 0 aromatic heterocycles. The molecule has 1 aliphatic heterocycles. The quantitative estimate of drug-likeness (QED) is 0.890. The van der Waals surface area contributed by atoms with Crippen LogP contribution in [0.1, 0.15) is 31.0 Å². The largest absolute Gasteiger partial charge is 0.494 e. The maximum atomic E-state index is 12.9. The van der Waals surface area contributed by atoms with Crippen molar-refractivity contribution in [3.05, 3.63) is 58.6 Å². The summed E-state index contributed by atoms with van der Waals surface area (Å²) < 4.78 is 5.53. The highest BCUT2D eigenvalue weighted by atomic mass is 35.5. The lowest BCUT2D eigenvalue weighted by Gasteiger charge is -2.19. The Balaban J connectivity index is 1.99. The van der Waals surface area contributed by atoms with Crippen LogP contribution in [0.2, 0.25) is 5.02 Å². The van der Waals surface area contributed by atoms with Gasteiger partial charge >= 0.3 is 0 Å². The molecule has 5 nitrogen and oxygen atoms in total. The molecular formula is C19H19ClN2O3. The van der Waals surface area contributed by atoms with Gasteiger partial charge in [-0.1, -0.05) is 29.8 Å². The van der Waals surface area contributed by atoms with Crippen LogP contribution in [0.4, 0.5) is 5.69 Å². The molecule has 1 unspecified atom stereocenters. The molecule has 6 heteroatoms. The number of halogens is 1. The molecule has 0 radical (unpaired) electrons. The van der Waals surface area contributed by atoms with Crippen molar-refractivity contribution in [2.75, 3.05) is 11.5 Å². The number of ether oxygens (including phenoxy) is 1. The van der Waals surface area contributed by atoms with Crippen LogP contribution >= 0.6 is 11.6 Å². The van der Waals surface area contributed by atoms with Gasteiger partial charge in [-0.25, -0.2) is 0 Å². The number of amides is 2. The lowest BCUT2D eigenvalue weighted by atomic mass is 10.1. The van der Waals surface area contributed by atoms with Gasteiger partial charge in [-0.15, -0.1) is 0 Å². The summed E-state index contributed by atoms with van der Waals surface area (Å²) in [5.41, 5.74) is 2.34. The van der Waals surface area contributed by atoms with Gasteiger partial charge in [0.2, 0.25) is 5.91 Å². The van der Waals surface area contributed by atoms with E-state index in [1.807, 2.05) is 43.3 Å². The summed E-state index contributed by atoms with van der Waals surface area (Å²) in [5.74, 6) is 0.230. The molecule has 0 saturated heterocycles. The Labute approximate surface area is 151 Å². The zero-order chi connectivity index (χ0) is 18.0. The van der Waals surface area contributed by atoms with E-state index in [9.17, 15) is 9.59 Å². The average Bonchev–Trinajstić information content (AvgIpc) is 2.82. The van der Waals surface area contributed by atoms with E-state index in [0.717, 1.165) is 16.8 Å². The molecule has 0 spiro atoms. The van der Waals surface area contributed by atoms with Gasteiger partial charge in [0.15, 0.2) is 0 Å². The summed E-state index contributed by atoms with van der Waals surface area (Å²) in [4.78, 5) is 26.1. The maximum Gasteiger partial charge on any atom is 0.254 e. The van der Waals surface area contributed by atoms with E-state index in [1.54, 1.807) is 11.0 Å². The summed E-state index contributed by atoms with van der Waals surface area (Å²) in [7, 11) is 0. The third kappa shape index (κ3) is 3.46. The van der Waals surface area contributed by atoms with E-state index in [1.165, 1.54) is 6.92 Å². The van der Waals surface area contributed by atoms with Crippen LogP contribution in [0.25, 0.3) is 0 Å². The molecule has 2 aromatic rings. The van der Waals surface area contributed by atoms with E-state index >= 15 is 0 Å². The van der Waals surface area contributed by atoms with Gasteiger partial charge < -0.3 is 15.0 Å². The summed E-state index contributed by atoms with van der Waals surface area (Å²) in [6.45, 7) is 4.17. The predicted molar refractivity (Wildman–Crippen MR) is 96.8 cm³/mol. The first-order chi connectivity index (χ1) is 12.0. The monoisotopic (exact) mass is 358 g/mol. The second-order valence-electron chi connectivity index (χ2n) is 5.80. The van der Waals surface area contributed by atoms with Crippen LogP contribution in [-0.4, -0.2) is 18.4 Å². The van der Waals surface area contributed by atoms with Crippen molar-refractivity contribution in [3.63, 3.8) is 0 Å². The molecule has 2 amide bonds. The fourth-order valence-electron chi connectivity index (χ4n) is 2.98. The average molecular weight is 359 g/mol. The van der Waals surface area contributed by atoms with Gasteiger partial charge in [0.1, 0.15) is 11.8 Å². The second-order valence-corrected chi connectivity index (χ2v) is 6.21. The minimum absolute atomic E-state index is 0.182. The Hall–Kier alpha value is -2.53. The van der Waals surface area contributed by atoms with Crippen LogP contribution in [0.15, 0.2) is 42.5 Å². The number of carbonyl (C=O) groups excluding carboxylic acids is 2. The molecule has 25 heavy (non-hydrogen) atoms. The molecule has 130 valence electrons. The zero-order valence-electron chi connectivity index (χ0n) is 14.1. The maximum absolute atomic E-state index is 12.9. The topological polar surface area (TPSA) is 58.6 Å². The highest BCUT2D eigenvalue weighted by Crippen LogP contribution is 2.39. The fraction of sp³-hybridized carbons (Fsp3) is 0.263. The molecule has 3 rings (SSSR count). The highest BCUT2D eigenvalue weighted by Gasteiger charge is 2.38. The van der Waals surface area contributed by atoms with Crippen LogP contribution < -0.4 is 15.0 Å². The van der Waals surface area contributed by atoms with Crippen molar-refractivity contribution >= 4 is 29.1 Å². The van der Waals surface area contributed by atoms with Gasteiger partial charge in [-0.05, 0) is 36.8 Å². The first-order valence-electron chi connectivity index (χ1n) is 8.10. The number of fused-ring (bicyclic) bond motifs is 1. The number of rotatable bonds is 5. The van der Waals surface area contributed by atoms with Crippen LogP contribution in [0, 0.1) is 0 Å². The van der Waals surface area contributed by atoms with Crippen molar-refractivity contribution < 1.29 is 14.3 Å². The van der Waals surface area contributed by atoms with E-state index < -0.39 is 6.04 Å². The van der Waals surface area contributed by atoms with E-state index in [4.69, 9.17) is 16.3 Å². The number of benzene rings is 2. The lowest BCUT2D eigenvalue weighted by Crippen LogP contribution is -2.36. The SMILES string of the molecule is CCOc1ccc2c(c1)C(NC(C)=O)C(=O)N2Cc1ccccc1Cl. The highest BCUT2D eigenvalue weighted by molar-refractivity contribution is 6.31. The molecule has 2 aromatic carbocycles. The van der Waals surface area contributed by atoms with Crippen LogP contribution in [-0.2, 0) is 16.1 Å². The van der Waals surface area contributed by atoms with E-state index in [0.29, 0.717) is 23.9 Å². The van der Waals surface area contributed by atoms with Crippen molar-refractivity contribution in [3.8, 4) is 5.75 Å². The number of carbonyl (C=O) groups is 2. The van der Waals surface area contributed by atoms with Gasteiger partial charge in [0.05, 0.1) is 18.8 Å². The summed E-state index contributed by atoms with van der Waals surface area (Å²) in [5, 5.41) is 3.33. The first-order valence-corrected chi connectivity index (χ1v) is 8.47. The number of nitrogens with zero attached hydrogens (tertiary/aromatic N) is 1. The smallest absolute Gasteiger partial charge is 0.254 e. The Bertz CT molecular complexity index is 822. The zero-order valence-corrected chi connectivity index (χ0v) is 14.8. The predicted octanol–water partition coefficient (Wildman–Crippen LogP) is 3.46. The molecule has 1 aliphatic rings. The van der Waals surface area contributed by atoms with Gasteiger partial charge in [-0.3, -0.25) is 9.59 Å². The van der Waals surface area contributed by atoms with Crippen molar-refractivity contribution in [2.24, 2.45) is 0 Å². The standard InChI is InChI=1S/C19H19ClN2O3/c1-3-25-14-8-9-17-15(10-14)18(21-12(2)23)19(24)22(17)11-13-6-4-5-7-16(13)20/h4-10,18H,3,11H2,1-2H3,(H,21,23). The van der Waals surface area contributed by atoms with Gasteiger partial charge in [0.25, 0.3) is 5.91 Å². The molecule has 1 N–H and O–H groups in total. The van der Waals surface area contributed by atoms with Crippen LogP contribution in [0.3, 0.4) is 0 Å². The Morgan fingerprint density at radius 3 is 2.72 bits per heavy atom. The third-order valence-electron chi connectivity index (χ3n) is 4.06. The number of hydrogen-bond donors (Lipinski definition) is 1. The first kappa shape index (κ1) is 17.3. The number of hydrogen-bond acceptors (Lipinski definition) is 3. The molecule has 1 atom stereocenters. The lowest BCUT2D eigenvalue weighted by molar-refractivity contribution is -0.126. The Morgan fingerprint density at radius 2 is 2.04 bits per heavy atom. The second kappa shape index (κ2) is 7.15. The molecule has 0 aliphatic carbocycles. The van der Waals surface area contributed by atoms with Crippen molar-refractivity contribution in [1.29, 1.82) is 0 Å². The van der Waals surface area contributed by atoms with E-state index in [2.05, 4.69) is 5.32 Å². The molecule has 1 heterocycles. The summed E-state index contributed by atoms with van der Waals surface area (Å²) >= 11 is 6.24. The van der Waals surface area contributed by atoms with Crippen molar-refractivity contribution in [1.82, 2.24) is 5.32 Å². The molecule has 0 bridgehead atoms. The Morgan fingerprint density at radius 1 is 1.28 bits per heavy atom. The van der Waals surface area contributed by atoms with Gasteiger partial charge in [0, 0.05) is 17.5 Å². The molecule has 0 saturated carbocycles. The fourth-order valence-corrected chi connectivity index (χ4v) is 3.17. The number of anilines is 1. The summed E-state index contributed by atoms with van der Waals surface area (Å²) in [6, 6.07) is 12.2. The van der Waals surface area contributed by atoms with Crippen LogP contribution in [0.5, 0.6) is 5.75 Å². The summed E-state index contributed by atoms with van der Waals surface area (Å²) in [6.07, 6.45) is 0. The Kier molecular flexibility index (Phi) is 4.95. The molecule has 0 fully saturated rings. The van der Waals surface area contributed by atoms with Gasteiger partial charge in [-0.2, -0.15) is 0 Å². The molecular weight excluding hydrogens is 340 g/mol. The normalized spacial score (nSPS) is 15.9. The van der Waals surface area contributed by atoms with E-state index in [-0.39, 0.29) is 11.8 Å². The third-order valence-corrected chi connectivity index (χ3v) is 4.43.